The van der Waals surface area contributed by atoms with Crippen molar-refractivity contribution < 1.29 is 4.79 Å². The summed E-state index contributed by atoms with van der Waals surface area (Å²) in [6.45, 7) is 6.22. The van der Waals surface area contributed by atoms with E-state index in [4.69, 9.17) is 0 Å². The molecular formula is C19H22N4O2S. The minimum absolute atomic E-state index is 0.0197. The summed E-state index contributed by atoms with van der Waals surface area (Å²) in [7, 11) is 0. The topological polar surface area (TPSA) is 67.2 Å². The van der Waals surface area contributed by atoms with Gasteiger partial charge in [-0.05, 0) is 43.0 Å². The summed E-state index contributed by atoms with van der Waals surface area (Å²) in [6.07, 6.45) is 1.44. The first kappa shape index (κ1) is 18.1. The lowest BCUT2D eigenvalue weighted by molar-refractivity contribution is -0.121. The molecule has 1 amide bonds. The fourth-order valence-corrected chi connectivity index (χ4v) is 3.56. The number of nitrogens with zero attached hydrogens (tertiary/aromatic N) is 3. The van der Waals surface area contributed by atoms with Gasteiger partial charge in [0.25, 0.3) is 5.56 Å². The number of hydrogen-bond donors (Lipinski definition) is 1. The first-order valence-electron chi connectivity index (χ1n) is 8.59. The second-order valence-corrected chi connectivity index (χ2v) is 6.98. The number of likely N-dealkylation sites (N-methyl/N-ethyl adjacent to an activating group) is 1. The molecule has 3 rings (SSSR count). The first-order chi connectivity index (χ1) is 12.6. The molecule has 136 valence electrons. The highest BCUT2D eigenvalue weighted by Gasteiger charge is 2.09. The Morgan fingerprint density at radius 2 is 2.19 bits per heavy atom. The van der Waals surface area contributed by atoms with Gasteiger partial charge in [-0.15, -0.1) is 11.3 Å². The Hall–Kier alpha value is -2.67. The number of rotatable bonds is 7. The summed E-state index contributed by atoms with van der Waals surface area (Å²) in [5.74, 6) is -0.191. The van der Waals surface area contributed by atoms with Crippen LogP contribution in [0.2, 0.25) is 0 Å². The zero-order valence-electron chi connectivity index (χ0n) is 14.9. The minimum atomic E-state index is -0.191. The molecule has 0 atom stereocenters. The van der Waals surface area contributed by atoms with E-state index < -0.39 is 0 Å². The van der Waals surface area contributed by atoms with Crippen molar-refractivity contribution >= 4 is 33.1 Å². The minimum Gasteiger partial charge on any atom is -0.370 e. The number of carbonyl (C=O) groups is 1. The maximum absolute atomic E-state index is 12.3. The van der Waals surface area contributed by atoms with Gasteiger partial charge in [0.1, 0.15) is 11.4 Å². The fraction of sp³-hybridized carbons (Fsp3) is 0.316. The van der Waals surface area contributed by atoms with Crippen molar-refractivity contribution in [1.29, 1.82) is 0 Å². The van der Waals surface area contributed by atoms with Gasteiger partial charge in [-0.2, -0.15) is 0 Å². The van der Waals surface area contributed by atoms with Crippen LogP contribution in [0.5, 0.6) is 0 Å². The van der Waals surface area contributed by atoms with Gasteiger partial charge in [0, 0.05) is 25.3 Å². The molecule has 26 heavy (non-hydrogen) atoms. The summed E-state index contributed by atoms with van der Waals surface area (Å²) in [6, 6.07) is 10.0. The summed E-state index contributed by atoms with van der Waals surface area (Å²) >= 11 is 1.42. The molecule has 1 aromatic carbocycles. The van der Waals surface area contributed by atoms with Crippen LogP contribution in [0.1, 0.15) is 12.5 Å². The van der Waals surface area contributed by atoms with Crippen LogP contribution in [-0.4, -0.2) is 35.1 Å². The van der Waals surface area contributed by atoms with E-state index in [0.29, 0.717) is 23.3 Å². The average Bonchev–Trinajstić information content (AvgIpc) is 3.11. The molecule has 1 N–H and O–H groups in total. The number of fused-ring (bicyclic) bond motifs is 1. The Bertz CT molecular complexity index is 963. The lowest BCUT2D eigenvalue weighted by Crippen LogP contribution is -2.38. The molecule has 0 unspecified atom stereocenters. The standard InChI is InChI=1S/C19H22N4O2S/c1-3-22(15-6-4-5-14(2)11-15)9-8-20-17(24)12-23-13-21-18-16(19(23)25)7-10-26-18/h4-7,10-11,13H,3,8-9,12H2,1-2H3,(H,20,24). The van der Waals surface area contributed by atoms with Crippen molar-refractivity contribution in [2.75, 3.05) is 24.5 Å². The zero-order chi connectivity index (χ0) is 18.5. The zero-order valence-corrected chi connectivity index (χ0v) is 15.8. The highest BCUT2D eigenvalue weighted by atomic mass is 32.1. The maximum atomic E-state index is 12.3. The van der Waals surface area contributed by atoms with Gasteiger partial charge in [0.2, 0.25) is 5.91 Å². The van der Waals surface area contributed by atoms with Crippen molar-refractivity contribution in [2.45, 2.75) is 20.4 Å². The molecule has 0 saturated heterocycles. The van der Waals surface area contributed by atoms with Gasteiger partial charge in [-0.3, -0.25) is 14.2 Å². The van der Waals surface area contributed by atoms with Crippen LogP contribution >= 0.6 is 11.3 Å². The molecule has 0 bridgehead atoms. The predicted octanol–water partition coefficient (Wildman–Crippen LogP) is 2.41. The summed E-state index contributed by atoms with van der Waals surface area (Å²) < 4.78 is 1.35. The number of aromatic nitrogens is 2. The summed E-state index contributed by atoms with van der Waals surface area (Å²) in [5, 5.41) is 5.27. The van der Waals surface area contributed by atoms with E-state index in [9.17, 15) is 9.59 Å². The van der Waals surface area contributed by atoms with Gasteiger partial charge < -0.3 is 10.2 Å². The van der Waals surface area contributed by atoms with Crippen LogP contribution < -0.4 is 15.8 Å². The van der Waals surface area contributed by atoms with Gasteiger partial charge in [-0.25, -0.2) is 4.98 Å². The monoisotopic (exact) mass is 370 g/mol. The average molecular weight is 370 g/mol. The van der Waals surface area contributed by atoms with E-state index in [2.05, 4.69) is 47.2 Å². The molecule has 2 heterocycles. The number of hydrogen-bond acceptors (Lipinski definition) is 5. The van der Waals surface area contributed by atoms with Crippen LogP contribution in [0.3, 0.4) is 0 Å². The molecular weight excluding hydrogens is 348 g/mol. The lowest BCUT2D eigenvalue weighted by atomic mass is 10.2. The Morgan fingerprint density at radius 1 is 1.35 bits per heavy atom. The molecule has 2 aromatic heterocycles. The number of nitrogens with one attached hydrogen (secondary N) is 1. The number of anilines is 1. The van der Waals surface area contributed by atoms with E-state index in [1.807, 2.05) is 11.4 Å². The predicted molar refractivity (Wildman–Crippen MR) is 106 cm³/mol. The van der Waals surface area contributed by atoms with E-state index >= 15 is 0 Å². The number of benzene rings is 1. The van der Waals surface area contributed by atoms with Crippen LogP contribution in [-0.2, 0) is 11.3 Å². The Kier molecular flexibility index (Phi) is 5.68. The second kappa shape index (κ2) is 8.14. The molecule has 0 saturated carbocycles. The van der Waals surface area contributed by atoms with Crippen molar-refractivity contribution in [2.24, 2.45) is 0 Å². The lowest BCUT2D eigenvalue weighted by Gasteiger charge is -2.23. The maximum Gasteiger partial charge on any atom is 0.262 e. The molecule has 6 nitrogen and oxygen atoms in total. The van der Waals surface area contributed by atoms with Crippen LogP contribution in [0.4, 0.5) is 5.69 Å². The summed E-state index contributed by atoms with van der Waals surface area (Å²) in [5.41, 5.74) is 2.17. The van der Waals surface area contributed by atoms with Gasteiger partial charge in [0.15, 0.2) is 0 Å². The van der Waals surface area contributed by atoms with E-state index in [1.165, 1.54) is 27.8 Å². The largest absolute Gasteiger partial charge is 0.370 e. The molecule has 0 radical (unpaired) electrons. The number of amides is 1. The number of thiophene rings is 1. The quantitative estimate of drug-likeness (QED) is 0.694. The van der Waals surface area contributed by atoms with Crippen molar-refractivity contribution in [3.05, 3.63) is 58.0 Å². The molecule has 0 aliphatic carbocycles. The van der Waals surface area contributed by atoms with Gasteiger partial charge >= 0.3 is 0 Å². The van der Waals surface area contributed by atoms with Crippen molar-refractivity contribution in [1.82, 2.24) is 14.9 Å². The molecule has 0 fully saturated rings. The van der Waals surface area contributed by atoms with Crippen LogP contribution in [0, 0.1) is 6.92 Å². The smallest absolute Gasteiger partial charge is 0.262 e. The van der Waals surface area contributed by atoms with Gasteiger partial charge in [0.05, 0.1) is 11.7 Å². The first-order valence-corrected chi connectivity index (χ1v) is 9.47. The number of aryl methyl sites for hydroxylation is 1. The Labute approximate surface area is 156 Å². The SMILES string of the molecule is CCN(CCNC(=O)Cn1cnc2sccc2c1=O)c1cccc(C)c1. The molecule has 0 aliphatic rings. The summed E-state index contributed by atoms with van der Waals surface area (Å²) in [4.78, 5) is 31.6. The molecule has 3 aromatic rings. The van der Waals surface area contributed by atoms with Crippen molar-refractivity contribution in [3.8, 4) is 0 Å². The molecule has 7 heteroatoms. The third-order valence-corrected chi connectivity index (χ3v) is 5.04. The van der Waals surface area contributed by atoms with Crippen LogP contribution in [0.15, 0.2) is 46.8 Å². The third kappa shape index (κ3) is 4.11. The highest BCUT2D eigenvalue weighted by Crippen LogP contribution is 2.15. The number of carbonyl (C=O) groups excluding carboxylic acids is 1. The fourth-order valence-electron chi connectivity index (χ4n) is 2.84. The van der Waals surface area contributed by atoms with Crippen molar-refractivity contribution in [3.63, 3.8) is 0 Å². The molecule has 0 aliphatic heterocycles. The Balaban J connectivity index is 1.56. The van der Waals surface area contributed by atoms with Crippen LogP contribution in [0.25, 0.3) is 10.2 Å². The van der Waals surface area contributed by atoms with E-state index in [0.717, 1.165) is 12.2 Å². The Morgan fingerprint density at radius 3 is 2.96 bits per heavy atom. The van der Waals surface area contributed by atoms with E-state index in [-0.39, 0.29) is 18.0 Å². The third-order valence-electron chi connectivity index (χ3n) is 4.22. The highest BCUT2D eigenvalue weighted by molar-refractivity contribution is 7.16. The normalized spacial score (nSPS) is 10.8. The van der Waals surface area contributed by atoms with E-state index in [1.54, 1.807) is 6.07 Å². The van der Waals surface area contributed by atoms with Gasteiger partial charge in [-0.1, -0.05) is 12.1 Å². The second-order valence-electron chi connectivity index (χ2n) is 6.09. The molecule has 0 spiro atoms.